The van der Waals surface area contributed by atoms with Gasteiger partial charge in [-0.2, -0.15) is 0 Å². The quantitative estimate of drug-likeness (QED) is 0.913. The molecule has 0 heterocycles. The second kappa shape index (κ2) is 7.42. The Hall–Kier alpha value is -2.76. The molecule has 2 rings (SSSR count). The molecular formula is C19H20F2N2O2. The highest BCUT2D eigenvalue weighted by Crippen LogP contribution is 2.27. The number of hydrogen-bond donors (Lipinski definition) is 1. The van der Waals surface area contributed by atoms with Crippen molar-refractivity contribution in [2.75, 3.05) is 16.8 Å². The van der Waals surface area contributed by atoms with E-state index in [4.69, 9.17) is 0 Å². The predicted octanol–water partition coefficient (Wildman–Crippen LogP) is 3.88. The van der Waals surface area contributed by atoms with Crippen molar-refractivity contribution in [1.29, 1.82) is 0 Å². The highest BCUT2D eigenvalue weighted by Gasteiger charge is 2.21. The zero-order valence-corrected chi connectivity index (χ0v) is 14.6. The van der Waals surface area contributed by atoms with E-state index in [1.165, 1.54) is 17.9 Å². The SMILES string of the molecule is CC(=O)N(CC(=O)Nc1c(F)cccc1F)c1c(C)cc(C)cc1C. The number of halogens is 2. The smallest absolute Gasteiger partial charge is 0.244 e. The number of aryl methyl sites for hydroxylation is 3. The molecule has 0 bridgehead atoms. The molecule has 2 amide bonds. The lowest BCUT2D eigenvalue weighted by molar-refractivity contribution is -0.120. The zero-order chi connectivity index (χ0) is 18.7. The Morgan fingerprint density at radius 3 is 2.04 bits per heavy atom. The number of nitrogens with one attached hydrogen (secondary N) is 1. The van der Waals surface area contributed by atoms with Gasteiger partial charge in [-0.25, -0.2) is 8.78 Å². The fraction of sp³-hybridized carbons (Fsp3) is 0.263. The van der Waals surface area contributed by atoms with E-state index < -0.39 is 23.2 Å². The first-order valence-corrected chi connectivity index (χ1v) is 7.80. The molecule has 25 heavy (non-hydrogen) atoms. The topological polar surface area (TPSA) is 49.4 Å². The first-order chi connectivity index (χ1) is 11.7. The van der Waals surface area contributed by atoms with Gasteiger partial charge in [-0.1, -0.05) is 23.8 Å². The molecule has 0 radical (unpaired) electrons. The monoisotopic (exact) mass is 346 g/mol. The van der Waals surface area contributed by atoms with E-state index in [1.54, 1.807) is 0 Å². The van der Waals surface area contributed by atoms with Gasteiger partial charge >= 0.3 is 0 Å². The highest BCUT2D eigenvalue weighted by molar-refractivity contribution is 6.02. The van der Waals surface area contributed by atoms with E-state index >= 15 is 0 Å². The number of para-hydroxylation sites is 1. The van der Waals surface area contributed by atoms with Crippen LogP contribution in [0, 0.1) is 32.4 Å². The van der Waals surface area contributed by atoms with Crippen LogP contribution in [-0.4, -0.2) is 18.4 Å². The van der Waals surface area contributed by atoms with Crippen molar-refractivity contribution in [2.45, 2.75) is 27.7 Å². The lowest BCUT2D eigenvalue weighted by Gasteiger charge is -2.25. The predicted molar refractivity (Wildman–Crippen MR) is 93.7 cm³/mol. The lowest BCUT2D eigenvalue weighted by atomic mass is 10.0. The third kappa shape index (κ3) is 4.21. The maximum atomic E-state index is 13.7. The minimum absolute atomic E-state index is 0.334. The molecule has 2 aromatic rings. The van der Waals surface area contributed by atoms with Crippen LogP contribution in [0.25, 0.3) is 0 Å². The molecule has 132 valence electrons. The van der Waals surface area contributed by atoms with Gasteiger partial charge in [-0.3, -0.25) is 9.59 Å². The van der Waals surface area contributed by atoms with Crippen molar-refractivity contribution in [3.05, 3.63) is 58.7 Å². The summed E-state index contributed by atoms with van der Waals surface area (Å²) in [5.74, 6) is -2.76. The maximum absolute atomic E-state index is 13.7. The Kier molecular flexibility index (Phi) is 5.51. The number of carbonyl (C=O) groups is 2. The standard InChI is InChI=1S/C19H20F2N2O2/c1-11-8-12(2)19(13(3)9-11)23(14(4)24)10-17(25)22-18-15(20)6-5-7-16(18)21/h5-9H,10H2,1-4H3,(H,22,25). The van der Waals surface area contributed by atoms with Gasteiger partial charge in [0.25, 0.3) is 0 Å². The van der Waals surface area contributed by atoms with E-state index in [2.05, 4.69) is 5.32 Å². The van der Waals surface area contributed by atoms with Gasteiger partial charge in [-0.05, 0) is 44.0 Å². The molecule has 0 saturated carbocycles. The van der Waals surface area contributed by atoms with Crippen LogP contribution in [0.15, 0.2) is 30.3 Å². The van der Waals surface area contributed by atoms with Crippen LogP contribution in [0.4, 0.5) is 20.2 Å². The Bertz CT molecular complexity index is 791. The number of hydrogen-bond acceptors (Lipinski definition) is 2. The van der Waals surface area contributed by atoms with Crippen molar-refractivity contribution >= 4 is 23.2 Å². The van der Waals surface area contributed by atoms with Crippen molar-refractivity contribution in [3.63, 3.8) is 0 Å². The highest BCUT2D eigenvalue weighted by atomic mass is 19.1. The molecular weight excluding hydrogens is 326 g/mol. The molecule has 0 spiro atoms. The summed E-state index contributed by atoms with van der Waals surface area (Å²) in [6, 6.07) is 7.13. The van der Waals surface area contributed by atoms with Gasteiger partial charge in [0, 0.05) is 6.92 Å². The fourth-order valence-corrected chi connectivity index (χ4v) is 2.89. The maximum Gasteiger partial charge on any atom is 0.244 e. The van der Waals surface area contributed by atoms with Gasteiger partial charge in [0.05, 0.1) is 5.69 Å². The number of anilines is 2. The summed E-state index contributed by atoms with van der Waals surface area (Å²) >= 11 is 0. The molecule has 0 atom stereocenters. The molecule has 1 N–H and O–H groups in total. The Morgan fingerprint density at radius 2 is 1.56 bits per heavy atom. The van der Waals surface area contributed by atoms with Crippen LogP contribution in [0.3, 0.4) is 0 Å². The van der Waals surface area contributed by atoms with Gasteiger partial charge in [0.15, 0.2) is 0 Å². The molecule has 0 aliphatic carbocycles. The van der Waals surface area contributed by atoms with Gasteiger partial charge in [-0.15, -0.1) is 0 Å². The largest absolute Gasteiger partial charge is 0.320 e. The lowest BCUT2D eigenvalue weighted by Crippen LogP contribution is -2.37. The van der Waals surface area contributed by atoms with E-state index in [9.17, 15) is 18.4 Å². The molecule has 6 heteroatoms. The summed E-state index contributed by atoms with van der Waals surface area (Å²) in [6.45, 7) is 6.64. The third-order valence-corrected chi connectivity index (χ3v) is 3.81. The first kappa shape index (κ1) is 18.6. The summed E-state index contributed by atoms with van der Waals surface area (Å²) in [7, 11) is 0. The third-order valence-electron chi connectivity index (χ3n) is 3.81. The van der Waals surface area contributed by atoms with Crippen molar-refractivity contribution < 1.29 is 18.4 Å². The molecule has 0 aromatic heterocycles. The number of benzene rings is 2. The summed E-state index contributed by atoms with van der Waals surface area (Å²) in [4.78, 5) is 25.6. The average molecular weight is 346 g/mol. The molecule has 0 unspecified atom stereocenters. The second-order valence-corrected chi connectivity index (χ2v) is 6.00. The Labute approximate surface area is 145 Å². The molecule has 0 aliphatic heterocycles. The summed E-state index contributed by atoms with van der Waals surface area (Å²) in [5.41, 5.74) is 2.84. The summed E-state index contributed by atoms with van der Waals surface area (Å²) < 4.78 is 27.3. The minimum Gasteiger partial charge on any atom is -0.320 e. The molecule has 0 fully saturated rings. The van der Waals surface area contributed by atoms with Gasteiger partial charge < -0.3 is 10.2 Å². The van der Waals surface area contributed by atoms with E-state index in [0.29, 0.717) is 5.69 Å². The number of nitrogens with zero attached hydrogens (tertiary/aromatic N) is 1. The number of amides is 2. The number of rotatable bonds is 4. The Balaban J connectivity index is 2.29. The first-order valence-electron chi connectivity index (χ1n) is 7.80. The van der Waals surface area contributed by atoms with Crippen molar-refractivity contribution in [2.24, 2.45) is 0 Å². The van der Waals surface area contributed by atoms with Crippen molar-refractivity contribution in [1.82, 2.24) is 0 Å². The normalized spacial score (nSPS) is 10.5. The van der Waals surface area contributed by atoms with E-state index in [1.807, 2.05) is 32.9 Å². The average Bonchev–Trinajstić information content (AvgIpc) is 2.49. The van der Waals surface area contributed by atoms with Crippen LogP contribution in [0.5, 0.6) is 0 Å². The molecule has 0 saturated heterocycles. The number of carbonyl (C=O) groups excluding carboxylic acids is 2. The van der Waals surface area contributed by atoms with Crippen LogP contribution in [0.1, 0.15) is 23.6 Å². The van der Waals surface area contributed by atoms with Crippen LogP contribution in [0.2, 0.25) is 0 Å². The van der Waals surface area contributed by atoms with Gasteiger partial charge in [0.2, 0.25) is 11.8 Å². The second-order valence-electron chi connectivity index (χ2n) is 6.00. The Morgan fingerprint density at radius 1 is 1.04 bits per heavy atom. The van der Waals surface area contributed by atoms with Gasteiger partial charge in [0.1, 0.15) is 23.9 Å². The van der Waals surface area contributed by atoms with Crippen LogP contribution in [-0.2, 0) is 9.59 Å². The minimum atomic E-state index is -0.870. The fourth-order valence-electron chi connectivity index (χ4n) is 2.89. The summed E-state index contributed by atoms with van der Waals surface area (Å²) in [5, 5.41) is 2.20. The van der Waals surface area contributed by atoms with Crippen molar-refractivity contribution in [3.8, 4) is 0 Å². The van der Waals surface area contributed by atoms with E-state index in [0.717, 1.165) is 28.8 Å². The van der Waals surface area contributed by atoms with Crippen LogP contribution >= 0.6 is 0 Å². The zero-order valence-electron chi connectivity index (χ0n) is 14.6. The molecule has 2 aromatic carbocycles. The van der Waals surface area contributed by atoms with Crippen LogP contribution < -0.4 is 10.2 Å². The molecule has 0 aliphatic rings. The molecule has 4 nitrogen and oxygen atoms in total. The van der Waals surface area contributed by atoms with E-state index in [-0.39, 0.29) is 12.5 Å². The summed E-state index contributed by atoms with van der Waals surface area (Å²) in [6.07, 6.45) is 0.